The van der Waals surface area contributed by atoms with Crippen LogP contribution in [0.3, 0.4) is 0 Å². The Morgan fingerprint density at radius 1 is 1.19 bits per heavy atom. The molecule has 0 aliphatic rings. The molecule has 5 nitrogen and oxygen atoms in total. The molecular formula is C10H7FN2O3. The van der Waals surface area contributed by atoms with Crippen molar-refractivity contribution in [3.63, 3.8) is 0 Å². The number of hydrogen-bond donors (Lipinski definition) is 1. The van der Waals surface area contributed by atoms with E-state index in [0.29, 0.717) is 0 Å². The van der Waals surface area contributed by atoms with Crippen LogP contribution in [0.4, 0.5) is 4.39 Å². The van der Waals surface area contributed by atoms with Crippen LogP contribution in [0.25, 0.3) is 0 Å². The van der Waals surface area contributed by atoms with Crippen LogP contribution in [-0.2, 0) is 0 Å². The maximum Gasteiger partial charge on any atom is 0.361 e. The molecular weight excluding hydrogens is 215 g/mol. The van der Waals surface area contributed by atoms with E-state index >= 15 is 0 Å². The van der Waals surface area contributed by atoms with Gasteiger partial charge < -0.3 is 4.84 Å². The van der Waals surface area contributed by atoms with Gasteiger partial charge in [0.1, 0.15) is 0 Å². The second-order valence-corrected chi connectivity index (χ2v) is 2.96. The fourth-order valence-electron chi connectivity index (χ4n) is 1.10. The summed E-state index contributed by atoms with van der Waals surface area (Å²) in [4.78, 5) is 28.9. The number of aromatic amines is 1. The molecule has 2 rings (SSSR count). The minimum atomic E-state index is -0.768. The van der Waals surface area contributed by atoms with Crippen LogP contribution >= 0.6 is 0 Å². The van der Waals surface area contributed by atoms with Crippen LogP contribution in [0.2, 0.25) is 0 Å². The lowest BCUT2D eigenvalue weighted by Crippen LogP contribution is -2.31. The van der Waals surface area contributed by atoms with Gasteiger partial charge in [0.25, 0.3) is 5.56 Å². The molecule has 1 aromatic carbocycles. The Morgan fingerprint density at radius 3 is 2.62 bits per heavy atom. The minimum absolute atomic E-state index is 0.100. The van der Waals surface area contributed by atoms with Gasteiger partial charge in [0.2, 0.25) is 0 Å². The lowest BCUT2D eigenvalue weighted by molar-refractivity contribution is 0.189. The Labute approximate surface area is 88.7 Å². The first-order chi connectivity index (χ1) is 7.66. The van der Waals surface area contributed by atoms with Gasteiger partial charge in [0.15, 0.2) is 11.6 Å². The van der Waals surface area contributed by atoms with Crippen molar-refractivity contribution in [1.29, 1.82) is 0 Å². The molecule has 0 aliphatic carbocycles. The van der Waals surface area contributed by atoms with E-state index in [2.05, 4.69) is 0 Å². The Kier molecular flexibility index (Phi) is 2.55. The quantitative estimate of drug-likeness (QED) is 0.805. The number of halogens is 1. The first-order valence-corrected chi connectivity index (χ1v) is 4.42. The van der Waals surface area contributed by atoms with E-state index in [4.69, 9.17) is 4.84 Å². The lowest BCUT2D eigenvalue weighted by atomic mass is 10.3. The van der Waals surface area contributed by atoms with Crippen molar-refractivity contribution < 1.29 is 9.23 Å². The second kappa shape index (κ2) is 4.01. The summed E-state index contributed by atoms with van der Waals surface area (Å²) in [6, 6.07) is 6.73. The van der Waals surface area contributed by atoms with Gasteiger partial charge in [-0.3, -0.25) is 9.78 Å². The molecule has 1 N–H and O–H groups in total. The van der Waals surface area contributed by atoms with Crippen LogP contribution in [0, 0.1) is 5.82 Å². The Balaban J connectivity index is 2.38. The summed E-state index contributed by atoms with van der Waals surface area (Å²) >= 11 is 0. The van der Waals surface area contributed by atoms with E-state index in [0.717, 1.165) is 17.0 Å². The Hall–Kier alpha value is -2.37. The van der Waals surface area contributed by atoms with E-state index in [9.17, 15) is 14.0 Å². The number of hydrogen-bond acceptors (Lipinski definition) is 3. The van der Waals surface area contributed by atoms with E-state index < -0.39 is 17.1 Å². The zero-order chi connectivity index (χ0) is 11.5. The number of rotatable bonds is 2. The third kappa shape index (κ3) is 2.00. The first-order valence-electron chi connectivity index (χ1n) is 4.42. The molecule has 1 aromatic heterocycles. The van der Waals surface area contributed by atoms with Crippen LogP contribution in [0.5, 0.6) is 5.75 Å². The molecule has 0 spiro atoms. The highest BCUT2D eigenvalue weighted by atomic mass is 19.1. The summed E-state index contributed by atoms with van der Waals surface area (Å²) in [7, 11) is 0. The molecule has 0 unspecified atom stereocenters. The zero-order valence-electron chi connectivity index (χ0n) is 8.01. The van der Waals surface area contributed by atoms with Crippen molar-refractivity contribution in [3.8, 4) is 5.75 Å². The van der Waals surface area contributed by atoms with Crippen LogP contribution in [0.1, 0.15) is 0 Å². The van der Waals surface area contributed by atoms with Gasteiger partial charge in [-0.15, -0.1) is 4.73 Å². The topological polar surface area (TPSA) is 64.1 Å². The summed E-state index contributed by atoms with van der Waals surface area (Å²) < 4.78 is 13.9. The van der Waals surface area contributed by atoms with Gasteiger partial charge in [-0.1, -0.05) is 12.1 Å². The molecule has 6 heteroatoms. The first kappa shape index (κ1) is 10.2. The molecule has 16 heavy (non-hydrogen) atoms. The molecule has 0 saturated carbocycles. The van der Waals surface area contributed by atoms with Gasteiger partial charge >= 0.3 is 5.69 Å². The van der Waals surface area contributed by atoms with Crippen molar-refractivity contribution >= 4 is 0 Å². The molecule has 0 amide bonds. The lowest BCUT2D eigenvalue weighted by Gasteiger charge is -2.06. The highest BCUT2D eigenvalue weighted by Gasteiger charge is 2.04. The van der Waals surface area contributed by atoms with Crippen molar-refractivity contribution in [3.05, 3.63) is 63.2 Å². The van der Waals surface area contributed by atoms with Gasteiger partial charge in [0.05, 0.1) is 6.20 Å². The number of nitrogens with zero attached hydrogens (tertiary/aromatic N) is 1. The fraction of sp³-hybridized carbons (Fsp3) is 0. The number of para-hydroxylation sites is 1. The summed E-state index contributed by atoms with van der Waals surface area (Å²) in [6.45, 7) is 0. The summed E-state index contributed by atoms with van der Waals surface area (Å²) in [5, 5.41) is 0. The molecule has 0 aliphatic heterocycles. The van der Waals surface area contributed by atoms with Crippen LogP contribution < -0.4 is 16.1 Å². The second-order valence-electron chi connectivity index (χ2n) is 2.96. The molecule has 1 heterocycles. The van der Waals surface area contributed by atoms with Gasteiger partial charge in [-0.2, -0.15) is 0 Å². The standard InChI is InChI=1S/C10H7FN2O3/c11-7-3-1-2-4-8(7)16-13-6-5-9(14)12-10(13)15/h1-6H,(H,12,14,15). The normalized spacial score (nSPS) is 10.1. The number of nitrogens with one attached hydrogen (secondary N) is 1. The number of H-pyrrole nitrogens is 1. The van der Waals surface area contributed by atoms with Crippen LogP contribution in [-0.4, -0.2) is 9.71 Å². The van der Waals surface area contributed by atoms with Crippen molar-refractivity contribution in [1.82, 2.24) is 9.71 Å². The van der Waals surface area contributed by atoms with E-state index in [1.807, 2.05) is 4.98 Å². The maximum absolute atomic E-state index is 13.2. The molecule has 0 atom stereocenters. The Bertz CT molecular complexity index is 618. The average Bonchev–Trinajstić information content (AvgIpc) is 2.25. The van der Waals surface area contributed by atoms with Crippen molar-refractivity contribution in [2.45, 2.75) is 0 Å². The Morgan fingerprint density at radius 2 is 1.94 bits per heavy atom. The highest BCUT2D eigenvalue weighted by molar-refractivity contribution is 5.23. The molecule has 0 radical (unpaired) electrons. The number of aromatic nitrogens is 2. The van der Waals surface area contributed by atoms with Crippen molar-refractivity contribution in [2.75, 3.05) is 0 Å². The smallest absolute Gasteiger partial charge is 0.361 e. The monoisotopic (exact) mass is 222 g/mol. The maximum atomic E-state index is 13.2. The molecule has 0 bridgehead atoms. The largest absolute Gasteiger partial charge is 0.368 e. The predicted octanol–water partition coefficient (Wildman–Crippen LogP) is 0.518. The fourth-order valence-corrected chi connectivity index (χ4v) is 1.10. The molecule has 2 aromatic rings. The van der Waals surface area contributed by atoms with E-state index in [1.54, 1.807) is 6.07 Å². The van der Waals surface area contributed by atoms with Gasteiger partial charge in [-0.25, -0.2) is 9.18 Å². The third-order valence-corrected chi connectivity index (χ3v) is 1.82. The zero-order valence-corrected chi connectivity index (χ0v) is 8.01. The molecule has 0 fully saturated rings. The van der Waals surface area contributed by atoms with E-state index in [-0.39, 0.29) is 5.75 Å². The number of benzene rings is 1. The summed E-state index contributed by atoms with van der Waals surface area (Å²) in [5.74, 6) is -0.697. The average molecular weight is 222 g/mol. The van der Waals surface area contributed by atoms with Crippen LogP contribution in [0.15, 0.2) is 46.1 Å². The predicted molar refractivity (Wildman–Crippen MR) is 53.7 cm³/mol. The minimum Gasteiger partial charge on any atom is -0.368 e. The SMILES string of the molecule is O=c1ccn(Oc2ccccc2F)c(=O)[nH]1. The van der Waals surface area contributed by atoms with Gasteiger partial charge in [0, 0.05) is 6.07 Å². The third-order valence-electron chi connectivity index (χ3n) is 1.82. The van der Waals surface area contributed by atoms with Crippen molar-refractivity contribution in [2.24, 2.45) is 0 Å². The summed E-state index contributed by atoms with van der Waals surface area (Å²) in [5.41, 5.74) is -1.31. The highest BCUT2D eigenvalue weighted by Crippen LogP contribution is 2.14. The summed E-state index contributed by atoms with van der Waals surface area (Å²) in [6.07, 6.45) is 1.12. The van der Waals surface area contributed by atoms with Gasteiger partial charge in [-0.05, 0) is 12.1 Å². The molecule has 82 valence electrons. The molecule has 0 saturated heterocycles. The van der Waals surface area contributed by atoms with E-state index in [1.165, 1.54) is 18.2 Å².